The molecule has 1 unspecified atom stereocenters. The van der Waals surface area contributed by atoms with Gasteiger partial charge in [0.05, 0.1) is 29.1 Å². The van der Waals surface area contributed by atoms with Gasteiger partial charge < -0.3 is 19.2 Å². The Hall–Kier alpha value is -1.86. The van der Waals surface area contributed by atoms with E-state index < -0.39 is 0 Å². The number of carbonyl (C=O) groups is 1. The molecule has 3 aliphatic rings. The van der Waals surface area contributed by atoms with Crippen LogP contribution >= 0.6 is 0 Å². The van der Waals surface area contributed by atoms with Crippen molar-refractivity contribution in [1.82, 2.24) is 14.9 Å². The van der Waals surface area contributed by atoms with Gasteiger partial charge in [-0.05, 0) is 58.4 Å². The van der Waals surface area contributed by atoms with Crippen LogP contribution in [0.25, 0.3) is 5.57 Å². The fourth-order valence-electron chi connectivity index (χ4n) is 4.57. The summed E-state index contributed by atoms with van der Waals surface area (Å²) in [6.45, 7) is 13.4. The molecule has 7 heteroatoms. The molecule has 1 amide bonds. The summed E-state index contributed by atoms with van der Waals surface area (Å²) >= 11 is 0. The number of aromatic amines is 1. The number of allylic oxidation sites excluding steroid dienone is 4. The predicted molar refractivity (Wildman–Crippen MR) is 123 cm³/mol. The Morgan fingerprint density at radius 1 is 1.29 bits per heavy atom. The molecule has 0 spiro atoms. The van der Waals surface area contributed by atoms with Gasteiger partial charge in [-0.3, -0.25) is 4.79 Å². The fourth-order valence-corrected chi connectivity index (χ4v) is 4.57. The van der Waals surface area contributed by atoms with Crippen LogP contribution in [-0.2, 0) is 14.1 Å². The quantitative estimate of drug-likeness (QED) is 0.680. The van der Waals surface area contributed by atoms with Crippen LogP contribution in [0.15, 0.2) is 24.4 Å². The molecule has 168 valence electrons. The van der Waals surface area contributed by atoms with Crippen LogP contribution in [-0.4, -0.2) is 45.6 Å². The summed E-state index contributed by atoms with van der Waals surface area (Å²) in [5, 5.41) is 0. The van der Waals surface area contributed by atoms with Crippen LogP contribution in [0.4, 0.5) is 0 Å². The van der Waals surface area contributed by atoms with Crippen LogP contribution in [0.2, 0.25) is 5.82 Å². The second kappa shape index (κ2) is 8.25. The Balaban J connectivity index is 1.41. The zero-order valence-electron chi connectivity index (χ0n) is 19.8. The number of aromatic nitrogens is 2. The van der Waals surface area contributed by atoms with E-state index in [4.69, 9.17) is 9.31 Å². The lowest BCUT2D eigenvalue weighted by Gasteiger charge is -2.32. The molecule has 4 rings (SSSR count). The zero-order valence-corrected chi connectivity index (χ0v) is 19.8. The summed E-state index contributed by atoms with van der Waals surface area (Å²) in [5.74, 6) is 1.70. The number of nitrogens with one attached hydrogen (secondary N) is 1. The van der Waals surface area contributed by atoms with Crippen LogP contribution in [0, 0.1) is 5.92 Å². The van der Waals surface area contributed by atoms with Crippen LogP contribution in [0.5, 0.6) is 0 Å². The monoisotopic (exact) mass is 425 g/mol. The highest BCUT2D eigenvalue weighted by molar-refractivity contribution is 6.48. The first-order valence-corrected chi connectivity index (χ1v) is 11.7. The van der Waals surface area contributed by atoms with Gasteiger partial charge in [-0.2, -0.15) is 0 Å². The van der Waals surface area contributed by atoms with E-state index >= 15 is 0 Å². The number of amides is 1. The van der Waals surface area contributed by atoms with E-state index in [9.17, 15) is 4.79 Å². The molecule has 0 saturated carbocycles. The van der Waals surface area contributed by atoms with E-state index in [0.717, 1.165) is 42.9 Å². The second-order valence-electron chi connectivity index (χ2n) is 10.6. The first kappa shape index (κ1) is 22.3. The molecule has 0 aromatic carbocycles. The van der Waals surface area contributed by atoms with Crippen molar-refractivity contribution in [3.8, 4) is 0 Å². The number of nitrogens with zero attached hydrogens (tertiary/aromatic N) is 2. The number of imidazole rings is 1. The number of likely N-dealkylation sites (tertiary alicyclic amines) is 1. The van der Waals surface area contributed by atoms with Crippen molar-refractivity contribution >= 4 is 18.6 Å². The van der Waals surface area contributed by atoms with Gasteiger partial charge in [0.1, 0.15) is 5.82 Å². The Morgan fingerprint density at radius 2 is 2.00 bits per heavy atom. The lowest BCUT2D eigenvalue weighted by atomic mass is 9.68. The van der Waals surface area contributed by atoms with Crippen LogP contribution in [0.3, 0.4) is 0 Å². The molecule has 2 fully saturated rings. The molecule has 31 heavy (non-hydrogen) atoms. The highest BCUT2D eigenvalue weighted by atomic mass is 16.7. The molecule has 1 aromatic rings. The highest BCUT2D eigenvalue weighted by Crippen LogP contribution is 2.42. The number of carbonyl (C=O) groups excluding carboxylic acids is 1. The first-order valence-electron chi connectivity index (χ1n) is 11.7. The molecule has 1 aliphatic carbocycles. The summed E-state index contributed by atoms with van der Waals surface area (Å²) in [6, 6.07) is 0.0608. The predicted octanol–water partition coefficient (Wildman–Crippen LogP) is 4.93. The normalized spacial score (nSPS) is 27.3. The van der Waals surface area contributed by atoms with Gasteiger partial charge >= 0.3 is 7.12 Å². The van der Waals surface area contributed by atoms with Gasteiger partial charge in [-0.25, -0.2) is 4.98 Å². The molecular weight excluding hydrogens is 389 g/mol. The molecule has 3 heterocycles. The first-order chi connectivity index (χ1) is 14.6. The maximum Gasteiger partial charge on any atom is 0.465 e. The van der Waals surface area contributed by atoms with E-state index in [1.165, 1.54) is 0 Å². The van der Waals surface area contributed by atoms with Gasteiger partial charge in [-0.15, -0.1) is 0 Å². The van der Waals surface area contributed by atoms with E-state index in [-0.39, 0.29) is 36.1 Å². The molecule has 1 aromatic heterocycles. The topological polar surface area (TPSA) is 67.5 Å². The molecule has 2 atom stereocenters. The molecular formula is C24H36BN3O3. The van der Waals surface area contributed by atoms with Crippen molar-refractivity contribution in [3.05, 3.63) is 35.9 Å². The van der Waals surface area contributed by atoms with Crippen molar-refractivity contribution in [2.24, 2.45) is 5.92 Å². The van der Waals surface area contributed by atoms with Crippen LogP contribution in [0.1, 0.15) is 84.8 Å². The summed E-state index contributed by atoms with van der Waals surface area (Å²) < 4.78 is 12.4. The van der Waals surface area contributed by atoms with Gasteiger partial charge in [0.15, 0.2) is 0 Å². The highest BCUT2D eigenvalue weighted by Gasteiger charge is 2.53. The summed E-state index contributed by atoms with van der Waals surface area (Å²) in [4.78, 5) is 22.8. The minimum Gasteiger partial charge on any atom is -0.403 e. The van der Waals surface area contributed by atoms with E-state index in [2.05, 4.69) is 69.7 Å². The molecule has 2 saturated heterocycles. The van der Waals surface area contributed by atoms with Crippen molar-refractivity contribution in [1.29, 1.82) is 0 Å². The Labute approximate surface area is 186 Å². The number of rotatable bonds is 5. The fraction of sp³-hybridized carbons (Fsp3) is 0.667. The Kier molecular flexibility index (Phi) is 5.94. The average molecular weight is 425 g/mol. The maximum atomic E-state index is 12.6. The lowest BCUT2D eigenvalue weighted by Crippen LogP contribution is -2.41. The van der Waals surface area contributed by atoms with E-state index in [1.807, 2.05) is 11.1 Å². The molecule has 6 nitrogen and oxygen atoms in total. The third kappa shape index (κ3) is 4.40. The molecule has 2 aliphatic heterocycles. The van der Waals surface area contributed by atoms with Gasteiger partial charge in [0.25, 0.3) is 0 Å². The van der Waals surface area contributed by atoms with Gasteiger partial charge in [0, 0.05) is 18.8 Å². The van der Waals surface area contributed by atoms with Crippen molar-refractivity contribution in [2.75, 3.05) is 6.54 Å². The largest absolute Gasteiger partial charge is 0.465 e. The van der Waals surface area contributed by atoms with Gasteiger partial charge in [0.2, 0.25) is 5.91 Å². The molecule has 0 radical (unpaired) electrons. The van der Waals surface area contributed by atoms with Crippen molar-refractivity contribution in [2.45, 2.75) is 90.3 Å². The summed E-state index contributed by atoms with van der Waals surface area (Å²) in [5.41, 5.74) is 1.51. The summed E-state index contributed by atoms with van der Waals surface area (Å²) in [7, 11) is -0.226. The Bertz CT molecular complexity index is 870. The molecule has 1 N–H and O–H groups in total. The van der Waals surface area contributed by atoms with Gasteiger partial charge in [-0.1, -0.05) is 32.1 Å². The minimum absolute atomic E-state index is 0.0608. The van der Waals surface area contributed by atoms with E-state index in [0.29, 0.717) is 12.3 Å². The third-order valence-corrected chi connectivity index (χ3v) is 7.13. The standard InChI is InChI=1S/C24H36BN3O3/c1-16(2)14-21(29)28-13-7-8-20(28)22-26-15-19(27-22)17-9-11-18(12-10-17)25-30-23(3,4)24(5,6)31-25/h9-11,15-16,18,20H,7-8,12-14H2,1-6H3,(H,26,27)/t18?,20-/m0/s1. The average Bonchev–Trinajstić information content (AvgIpc) is 3.39. The van der Waals surface area contributed by atoms with E-state index in [1.54, 1.807) is 0 Å². The maximum absolute atomic E-state index is 12.6. The number of hydrogen-bond acceptors (Lipinski definition) is 4. The lowest BCUT2D eigenvalue weighted by molar-refractivity contribution is -0.133. The van der Waals surface area contributed by atoms with Crippen molar-refractivity contribution in [3.63, 3.8) is 0 Å². The second-order valence-corrected chi connectivity index (χ2v) is 10.6. The SMILES string of the molecule is CC(C)CC(=O)N1CCC[C@H]1c1ncc(C2=CCC(B3OC(C)(C)C(C)(C)O3)C=C2)[nH]1. The minimum atomic E-state index is -0.312. The zero-order chi connectivity index (χ0) is 22.4. The smallest absolute Gasteiger partial charge is 0.403 e. The Morgan fingerprint density at radius 3 is 2.61 bits per heavy atom. The number of hydrogen-bond donors (Lipinski definition) is 1. The van der Waals surface area contributed by atoms with Crippen LogP contribution < -0.4 is 0 Å². The summed E-state index contributed by atoms with van der Waals surface area (Å²) in [6.07, 6.45) is 11.9. The number of H-pyrrole nitrogens is 1. The van der Waals surface area contributed by atoms with Crippen molar-refractivity contribution < 1.29 is 14.1 Å². The molecule has 0 bridgehead atoms. The third-order valence-electron chi connectivity index (χ3n) is 7.13.